The molecular weight excluding hydrogens is 432 g/mol. The molecule has 2 aliphatic rings. The lowest BCUT2D eigenvalue weighted by molar-refractivity contribution is -0.139. The number of piperidine rings is 2. The first-order valence-electron chi connectivity index (χ1n) is 11.9. The van der Waals surface area contributed by atoms with Crippen molar-refractivity contribution in [2.24, 2.45) is 11.8 Å². The summed E-state index contributed by atoms with van der Waals surface area (Å²) in [5.41, 5.74) is 1.60. The highest BCUT2D eigenvalue weighted by atomic mass is 16.5. The molecular formula is C27H34N2O5. The van der Waals surface area contributed by atoms with Crippen molar-refractivity contribution >= 4 is 17.5 Å². The van der Waals surface area contributed by atoms with Crippen molar-refractivity contribution in [1.29, 1.82) is 0 Å². The Morgan fingerprint density at radius 3 is 2.18 bits per heavy atom. The van der Waals surface area contributed by atoms with Gasteiger partial charge in [0, 0.05) is 25.2 Å². The number of benzene rings is 2. The maximum atomic E-state index is 13.8. The average Bonchev–Trinajstić information content (AvgIpc) is 2.88. The van der Waals surface area contributed by atoms with E-state index in [1.165, 1.54) is 0 Å². The number of methoxy groups -OCH3 is 3. The molecule has 2 aromatic rings. The molecule has 0 radical (unpaired) electrons. The molecule has 2 aliphatic heterocycles. The predicted molar refractivity (Wildman–Crippen MR) is 130 cm³/mol. The van der Waals surface area contributed by atoms with E-state index in [0.29, 0.717) is 36.0 Å². The Morgan fingerprint density at radius 1 is 0.882 bits per heavy atom. The number of rotatable bonds is 6. The largest absolute Gasteiger partial charge is 0.497 e. The van der Waals surface area contributed by atoms with Gasteiger partial charge >= 0.3 is 0 Å². The molecule has 182 valence electrons. The van der Waals surface area contributed by atoms with Crippen molar-refractivity contribution in [1.82, 2.24) is 4.90 Å². The molecule has 0 N–H and O–H groups in total. The lowest BCUT2D eigenvalue weighted by atomic mass is 9.82. The molecule has 34 heavy (non-hydrogen) atoms. The minimum absolute atomic E-state index is 0.00117. The first kappa shape index (κ1) is 23.9. The fraction of sp³-hybridized carbons (Fsp3) is 0.481. The normalized spacial score (nSPS) is 21.4. The van der Waals surface area contributed by atoms with Gasteiger partial charge in [-0.05, 0) is 67.1 Å². The Labute approximate surface area is 201 Å². The number of carbonyl (C=O) groups is 2. The third-order valence-corrected chi connectivity index (χ3v) is 7.11. The van der Waals surface area contributed by atoms with Gasteiger partial charge in [0.2, 0.25) is 11.8 Å². The second-order valence-electron chi connectivity index (χ2n) is 9.17. The molecule has 7 heteroatoms. The van der Waals surface area contributed by atoms with E-state index in [-0.39, 0.29) is 17.7 Å². The topological polar surface area (TPSA) is 68.3 Å². The summed E-state index contributed by atoms with van der Waals surface area (Å²) >= 11 is 0. The van der Waals surface area contributed by atoms with E-state index >= 15 is 0 Å². The van der Waals surface area contributed by atoms with Gasteiger partial charge in [0.25, 0.3) is 0 Å². The van der Waals surface area contributed by atoms with Crippen LogP contribution in [-0.4, -0.2) is 51.1 Å². The minimum atomic E-state index is -0.443. The fourth-order valence-electron chi connectivity index (χ4n) is 5.08. The van der Waals surface area contributed by atoms with Crippen LogP contribution in [0.25, 0.3) is 0 Å². The smallest absolute Gasteiger partial charge is 0.228 e. The highest BCUT2D eigenvalue weighted by Gasteiger charge is 2.43. The molecule has 0 saturated carbocycles. The number of carbonyl (C=O) groups excluding carboxylic acids is 2. The second kappa shape index (κ2) is 10.4. The summed E-state index contributed by atoms with van der Waals surface area (Å²) in [6, 6.07) is 12.6. The van der Waals surface area contributed by atoms with Gasteiger partial charge in [-0.3, -0.25) is 9.59 Å². The van der Waals surface area contributed by atoms with Crippen LogP contribution in [0.5, 0.6) is 17.2 Å². The Kier molecular flexibility index (Phi) is 7.29. The van der Waals surface area contributed by atoms with Crippen LogP contribution < -0.4 is 19.1 Å². The van der Waals surface area contributed by atoms with Gasteiger partial charge in [-0.2, -0.15) is 0 Å². The third kappa shape index (κ3) is 4.69. The van der Waals surface area contributed by atoms with Gasteiger partial charge < -0.3 is 24.0 Å². The molecule has 0 unspecified atom stereocenters. The highest BCUT2D eigenvalue weighted by Crippen LogP contribution is 2.43. The first-order chi connectivity index (χ1) is 16.5. The standard InChI is InChI=1S/C27H34N2O5/c1-18-13-15-28(16-14-18)27(31)22-10-12-25(30)29(20-6-8-21(32-2)9-7-20)26(22)19-5-11-23(33-3)24(17-19)34-4/h5-9,11,17-18,22,26H,10,12-16H2,1-4H3/t22-,26+/m0/s1. The first-order valence-corrected chi connectivity index (χ1v) is 11.9. The van der Waals surface area contributed by atoms with Crippen LogP contribution in [0.1, 0.15) is 44.2 Å². The zero-order valence-electron chi connectivity index (χ0n) is 20.5. The lowest BCUT2D eigenvalue weighted by Gasteiger charge is -2.43. The maximum absolute atomic E-state index is 13.8. The molecule has 0 aromatic heterocycles. The molecule has 0 spiro atoms. The van der Waals surface area contributed by atoms with Crippen LogP contribution in [0.3, 0.4) is 0 Å². The number of likely N-dealkylation sites (tertiary alicyclic amines) is 1. The van der Waals surface area contributed by atoms with Crippen LogP contribution in [0.15, 0.2) is 42.5 Å². The monoisotopic (exact) mass is 466 g/mol. The summed E-state index contributed by atoms with van der Waals surface area (Å²) in [7, 11) is 4.79. The van der Waals surface area contributed by atoms with Crippen molar-refractivity contribution in [3.8, 4) is 17.2 Å². The average molecular weight is 467 g/mol. The molecule has 2 heterocycles. The lowest BCUT2D eigenvalue weighted by Crippen LogP contribution is -2.50. The molecule has 0 aliphatic carbocycles. The fourth-order valence-corrected chi connectivity index (χ4v) is 5.08. The van der Waals surface area contributed by atoms with Gasteiger partial charge in [0.1, 0.15) is 5.75 Å². The highest BCUT2D eigenvalue weighted by molar-refractivity contribution is 5.97. The Hall–Kier alpha value is -3.22. The Balaban J connectivity index is 1.77. The molecule has 7 nitrogen and oxygen atoms in total. The maximum Gasteiger partial charge on any atom is 0.228 e. The SMILES string of the molecule is COc1ccc(N2C(=O)CC[C@H](C(=O)N3CCC(C)CC3)[C@H]2c2ccc(OC)c(OC)c2)cc1. The van der Waals surface area contributed by atoms with Crippen molar-refractivity contribution in [2.45, 2.75) is 38.6 Å². The number of hydrogen-bond donors (Lipinski definition) is 0. The number of anilines is 1. The molecule has 2 atom stereocenters. The van der Waals surface area contributed by atoms with E-state index in [0.717, 1.165) is 37.2 Å². The zero-order chi connectivity index (χ0) is 24.2. The van der Waals surface area contributed by atoms with E-state index in [9.17, 15) is 9.59 Å². The molecule has 2 saturated heterocycles. The van der Waals surface area contributed by atoms with E-state index in [4.69, 9.17) is 14.2 Å². The summed E-state index contributed by atoms with van der Waals surface area (Å²) < 4.78 is 16.3. The molecule has 2 fully saturated rings. The quantitative estimate of drug-likeness (QED) is 0.629. The third-order valence-electron chi connectivity index (χ3n) is 7.11. The second-order valence-corrected chi connectivity index (χ2v) is 9.17. The Morgan fingerprint density at radius 2 is 1.56 bits per heavy atom. The number of nitrogens with zero attached hydrogens (tertiary/aromatic N) is 2. The van der Waals surface area contributed by atoms with Gasteiger partial charge in [0.05, 0.1) is 33.3 Å². The summed E-state index contributed by atoms with van der Waals surface area (Å²) in [6.07, 6.45) is 2.88. The summed E-state index contributed by atoms with van der Waals surface area (Å²) in [6.45, 7) is 3.77. The van der Waals surface area contributed by atoms with Crippen LogP contribution in [0, 0.1) is 11.8 Å². The van der Waals surface area contributed by atoms with E-state index < -0.39 is 6.04 Å². The van der Waals surface area contributed by atoms with Crippen molar-refractivity contribution in [2.75, 3.05) is 39.3 Å². The van der Waals surface area contributed by atoms with Crippen LogP contribution in [0.2, 0.25) is 0 Å². The van der Waals surface area contributed by atoms with E-state index in [1.807, 2.05) is 47.4 Å². The zero-order valence-corrected chi connectivity index (χ0v) is 20.5. The number of hydrogen-bond acceptors (Lipinski definition) is 5. The molecule has 4 rings (SSSR count). The van der Waals surface area contributed by atoms with Gasteiger partial charge in [0.15, 0.2) is 11.5 Å². The van der Waals surface area contributed by atoms with Gasteiger partial charge in [-0.25, -0.2) is 0 Å². The van der Waals surface area contributed by atoms with Crippen molar-refractivity contribution in [3.63, 3.8) is 0 Å². The van der Waals surface area contributed by atoms with Gasteiger partial charge in [-0.1, -0.05) is 13.0 Å². The molecule has 2 aromatic carbocycles. The minimum Gasteiger partial charge on any atom is -0.497 e. The molecule has 0 bridgehead atoms. The van der Waals surface area contributed by atoms with Crippen LogP contribution >= 0.6 is 0 Å². The predicted octanol–water partition coefficient (Wildman–Crippen LogP) is 4.46. The van der Waals surface area contributed by atoms with Crippen molar-refractivity contribution in [3.05, 3.63) is 48.0 Å². The summed E-state index contributed by atoms with van der Waals surface area (Å²) in [4.78, 5) is 30.9. The molecule has 2 amide bonds. The summed E-state index contributed by atoms with van der Waals surface area (Å²) in [5, 5.41) is 0. The van der Waals surface area contributed by atoms with E-state index in [2.05, 4.69) is 6.92 Å². The number of ether oxygens (including phenoxy) is 3. The summed E-state index contributed by atoms with van der Waals surface area (Å²) in [5.74, 6) is 2.31. The Bertz CT molecular complexity index is 1010. The van der Waals surface area contributed by atoms with Crippen LogP contribution in [0.4, 0.5) is 5.69 Å². The van der Waals surface area contributed by atoms with Gasteiger partial charge in [-0.15, -0.1) is 0 Å². The number of amides is 2. The van der Waals surface area contributed by atoms with E-state index in [1.54, 1.807) is 26.2 Å². The van der Waals surface area contributed by atoms with Crippen LogP contribution in [-0.2, 0) is 9.59 Å². The van der Waals surface area contributed by atoms with Crippen molar-refractivity contribution < 1.29 is 23.8 Å².